The van der Waals surface area contributed by atoms with Crippen LogP contribution in [0, 0.1) is 5.82 Å². The quantitative estimate of drug-likeness (QED) is 0.430. The van der Waals surface area contributed by atoms with Crippen LogP contribution < -0.4 is 4.90 Å². The number of carbonyl (C=O) groups excluding carboxylic acids is 1. The molecule has 0 saturated heterocycles. The van der Waals surface area contributed by atoms with E-state index >= 15 is 0 Å². The molecule has 0 fully saturated rings. The number of anilines is 1. The maximum Gasteiger partial charge on any atom is 0.232 e. The van der Waals surface area contributed by atoms with E-state index in [4.69, 9.17) is 4.52 Å². The molecule has 0 unspecified atom stereocenters. The van der Waals surface area contributed by atoms with Crippen LogP contribution in [0.25, 0.3) is 11.3 Å². The van der Waals surface area contributed by atoms with Gasteiger partial charge in [-0.15, -0.1) is 0 Å². The summed E-state index contributed by atoms with van der Waals surface area (Å²) in [5.41, 5.74) is 3.21. The summed E-state index contributed by atoms with van der Waals surface area (Å²) < 4.78 is 19.3. The number of likely N-dealkylation sites (N-methyl/N-ethyl adjacent to an activating group) is 1. The highest BCUT2D eigenvalue weighted by atomic mass is 19.1. The molecule has 1 heterocycles. The molecular weight excluding hydrogens is 419 g/mol. The van der Waals surface area contributed by atoms with E-state index in [-0.39, 0.29) is 11.7 Å². The molecule has 7 heteroatoms. The second-order valence-corrected chi connectivity index (χ2v) is 8.28. The van der Waals surface area contributed by atoms with E-state index < -0.39 is 0 Å². The molecule has 1 amide bonds. The lowest BCUT2D eigenvalue weighted by molar-refractivity contribution is -0.131. The van der Waals surface area contributed by atoms with Crippen LogP contribution in [0.1, 0.15) is 25.0 Å². The third-order valence-corrected chi connectivity index (χ3v) is 5.65. The van der Waals surface area contributed by atoms with Gasteiger partial charge in [-0.25, -0.2) is 4.39 Å². The van der Waals surface area contributed by atoms with Crippen molar-refractivity contribution in [3.63, 3.8) is 0 Å². The van der Waals surface area contributed by atoms with Crippen molar-refractivity contribution in [2.75, 3.05) is 45.2 Å². The average Bonchev–Trinajstić information content (AvgIpc) is 3.21. The van der Waals surface area contributed by atoms with Crippen LogP contribution in [-0.2, 0) is 17.8 Å². The van der Waals surface area contributed by atoms with Gasteiger partial charge in [-0.3, -0.25) is 4.79 Å². The highest BCUT2D eigenvalue weighted by molar-refractivity contribution is 5.79. The first kappa shape index (κ1) is 24.5. The summed E-state index contributed by atoms with van der Waals surface area (Å²) in [6.45, 7) is 7.27. The molecule has 2 aromatic carbocycles. The van der Waals surface area contributed by atoms with Crippen molar-refractivity contribution < 1.29 is 13.7 Å². The Labute approximate surface area is 195 Å². The largest absolute Gasteiger partial charge is 0.341 e. The molecule has 0 saturated carbocycles. The maximum absolute atomic E-state index is 13.5. The molecule has 0 radical (unpaired) electrons. The molecule has 176 valence electrons. The molecule has 1 aromatic heterocycles. The molecule has 3 aromatic rings. The van der Waals surface area contributed by atoms with Gasteiger partial charge < -0.3 is 19.2 Å². The lowest BCUT2D eigenvalue weighted by Gasteiger charge is -2.26. The molecule has 6 nitrogen and oxygen atoms in total. The van der Waals surface area contributed by atoms with E-state index in [1.54, 1.807) is 12.1 Å². The van der Waals surface area contributed by atoms with E-state index in [2.05, 4.69) is 28.8 Å². The van der Waals surface area contributed by atoms with E-state index in [1.165, 1.54) is 12.1 Å². The first-order valence-electron chi connectivity index (χ1n) is 11.4. The Bertz CT molecular complexity index is 1010. The van der Waals surface area contributed by atoms with Crippen molar-refractivity contribution >= 4 is 11.8 Å². The Hall–Kier alpha value is -3.19. The van der Waals surface area contributed by atoms with Crippen LogP contribution in [-0.4, -0.2) is 61.1 Å². The van der Waals surface area contributed by atoms with Crippen molar-refractivity contribution in [3.05, 3.63) is 71.5 Å². The number of nitrogens with zero attached hydrogens (tertiary/aromatic N) is 4. The Balaban J connectivity index is 1.97. The zero-order valence-electron chi connectivity index (χ0n) is 19.9. The van der Waals surface area contributed by atoms with Gasteiger partial charge in [0.25, 0.3) is 0 Å². The predicted octanol–water partition coefficient (Wildman–Crippen LogP) is 4.46. The van der Waals surface area contributed by atoms with Gasteiger partial charge in [0.1, 0.15) is 11.5 Å². The van der Waals surface area contributed by atoms with Crippen LogP contribution in [0.3, 0.4) is 0 Å². The van der Waals surface area contributed by atoms with Gasteiger partial charge in [0.15, 0.2) is 0 Å². The van der Waals surface area contributed by atoms with Crippen molar-refractivity contribution in [2.24, 2.45) is 0 Å². The van der Waals surface area contributed by atoms with Gasteiger partial charge in [0.05, 0.1) is 18.5 Å². The van der Waals surface area contributed by atoms with Crippen molar-refractivity contribution in [2.45, 2.75) is 26.8 Å². The van der Waals surface area contributed by atoms with Crippen molar-refractivity contribution in [1.29, 1.82) is 0 Å². The molecule has 0 atom stereocenters. The fourth-order valence-electron chi connectivity index (χ4n) is 3.72. The summed E-state index contributed by atoms with van der Waals surface area (Å²) in [6, 6.07) is 16.0. The van der Waals surface area contributed by atoms with Gasteiger partial charge in [0, 0.05) is 31.7 Å². The SMILES string of the molecule is CCN(CC)c1onc(-c2ccc(F)cc2)c1CN(CCN(C)C)C(=O)Cc1ccccc1. The first-order chi connectivity index (χ1) is 15.9. The monoisotopic (exact) mass is 452 g/mol. The number of hydrogen-bond acceptors (Lipinski definition) is 5. The fourth-order valence-corrected chi connectivity index (χ4v) is 3.72. The Morgan fingerprint density at radius 2 is 1.64 bits per heavy atom. The zero-order valence-corrected chi connectivity index (χ0v) is 19.9. The minimum Gasteiger partial charge on any atom is -0.341 e. The van der Waals surface area contributed by atoms with Crippen LogP contribution >= 0.6 is 0 Å². The van der Waals surface area contributed by atoms with Crippen molar-refractivity contribution in [1.82, 2.24) is 15.0 Å². The lowest BCUT2D eigenvalue weighted by Crippen LogP contribution is -2.37. The molecule has 33 heavy (non-hydrogen) atoms. The summed E-state index contributed by atoms with van der Waals surface area (Å²) in [5, 5.41) is 4.34. The normalized spacial score (nSPS) is 11.1. The van der Waals surface area contributed by atoms with Crippen molar-refractivity contribution in [3.8, 4) is 11.3 Å². The molecule has 0 N–H and O–H groups in total. The summed E-state index contributed by atoms with van der Waals surface area (Å²) >= 11 is 0. The number of carbonyl (C=O) groups is 1. The van der Waals surface area contributed by atoms with E-state index in [1.807, 2.05) is 49.3 Å². The summed E-state index contributed by atoms with van der Waals surface area (Å²) in [5.74, 6) is 0.389. The molecular formula is C26H33FN4O2. The Kier molecular flexibility index (Phi) is 8.60. The third-order valence-electron chi connectivity index (χ3n) is 5.65. The Morgan fingerprint density at radius 1 is 0.970 bits per heavy atom. The van der Waals surface area contributed by atoms with E-state index in [0.29, 0.717) is 31.1 Å². The Morgan fingerprint density at radius 3 is 2.24 bits per heavy atom. The summed E-state index contributed by atoms with van der Waals surface area (Å²) in [4.78, 5) is 19.4. The van der Waals surface area contributed by atoms with Crippen LogP contribution in [0.2, 0.25) is 0 Å². The second kappa shape index (κ2) is 11.6. The number of benzene rings is 2. The van der Waals surface area contributed by atoms with E-state index in [0.717, 1.165) is 36.3 Å². The molecule has 3 rings (SSSR count). The summed E-state index contributed by atoms with van der Waals surface area (Å²) in [6.07, 6.45) is 0.325. The smallest absolute Gasteiger partial charge is 0.232 e. The molecule has 0 spiro atoms. The fraction of sp³-hybridized carbons (Fsp3) is 0.385. The predicted molar refractivity (Wildman–Crippen MR) is 130 cm³/mol. The van der Waals surface area contributed by atoms with Gasteiger partial charge in [-0.1, -0.05) is 35.5 Å². The minimum atomic E-state index is -0.307. The van der Waals surface area contributed by atoms with Gasteiger partial charge in [-0.2, -0.15) is 0 Å². The first-order valence-corrected chi connectivity index (χ1v) is 11.4. The minimum absolute atomic E-state index is 0.0415. The van der Waals surface area contributed by atoms with Gasteiger partial charge in [0.2, 0.25) is 11.8 Å². The maximum atomic E-state index is 13.5. The lowest BCUT2D eigenvalue weighted by atomic mass is 10.1. The molecule has 0 aliphatic carbocycles. The number of halogens is 1. The number of hydrogen-bond donors (Lipinski definition) is 0. The topological polar surface area (TPSA) is 52.8 Å². The molecule has 0 aliphatic heterocycles. The number of amides is 1. The third kappa shape index (κ3) is 6.42. The number of rotatable bonds is 11. The molecule has 0 bridgehead atoms. The second-order valence-electron chi connectivity index (χ2n) is 8.28. The standard InChI is InChI=1S/C26H33FN4O2/c1-5-30(6-2)26-23(25(28-33-26)21-12-14-22(27)15-13-21)19-31(17-16-29(3)4)24(32)18-20-10-8-7-9-11-20/h7-15H,5-6,16-19H2,1-4H3. The summed E-state index contributed by atoms with van der Waals surface area (Å²) in [7, 11) is 3.98. The van der Waals surface area contributed by atoms with Crippen LogP contribution in [0.5, 0.6) is 0 Å². The zero-order chi connectivity index (χ0) is 23.8. The highest BCUT2D eigenvalue weighted by Gasteiger charge is 2.25. The van der Waals surface area contributed by atoms with Crippen LogP contribution in [0.4, 0.5) is 10.3 Å². The average molecular weight is 453 g/mol. The van der Waals surface area contributed by atoms with E-state index in [9.17, 15) is 9.18 Å². The highest BCUT2D eigenvalue weighted by Crippen LogP contribution is 2.32. The molecule has 0 aliphatic rings. The van der Waals surface area contributed by atoms with Gasteiger partial charge in [-0.05, 0) is 57.8 Å². The van der Waals surface area contributed by atoms with Gasteiger partial charge >= 0.3 is 0 Å². The van der Waals surface area contributed by atoms with Crippen LogP contribution in [0.15, 0.2) is 59.1 Å². The number of aromatic nitrogens is 1.